The van der Waals surface area contributed by atoms with E-state index in [1.54, 1.807) is 12.4 Å². The first-order valence-electron chi connectivity index (χ1n) is 5.14. The van der Waals surface area contributed by atoms with Crippen LogP contribution in [0.2, 0.25) is 0 Å². The van der Waals surface area contributed by atoms with Gasteiger partial charge < -0.3 is 9.84 Å². The molecule has 6 heteroatoms. The Hall–Kier alpha value is -2.37. The van der Waals surface area contributed by atoms with Crippen LogP contribution < -0.4 is 15.3 Å². The van der Waals surface area contributed by atoms with Gasteiger partial charge in [-0.15, -0.1) is 5.10 Å². The molecule has 1 aromatic rings. The largest absolute Gasteiger partial charge is 0.491 e. The van der Waals surface area contributed by atoms with E-state index in [1.807, 2.05) is 12.1 Å². The molecule has 2 heterocycles. The van der Waals surface area contributed by atoms with Crippen LogP contribution in [-0.2, 0) is 0 Å². The van der Waals surface area contributed by atoms with Gasteiger partial charge in [0.05, 0.1) is 18.0 Å². The van der Waals surface area contributed by atoms with Crippen molar-refractivity contribution in [2.24, 2.45) is 10.2 Å². The Bertz CT molecular complexity index is 636. The summed E-state index contributed by atoms with van der Waals surface area (Å²) in [6.07, 6.45) is 2.18. The van der Waals surface area contributed by atoms with Crippen molar-refractivity contribution in [2.75, 3.05) is 13.2 Å². The second-order valence-electron chi connectivity index (χ2n) is 3.71. The maximum atomic E-state index is 11.0. The third-order valence-corrected chi connectivity index (χ3v) is 2.68. The Kier molecular flexibility index (Phi) is 2.07. The van der Waals surface area contributed by atoms with Gasteiger partial charge >= 0.3 is 6.09 Å². The fraction of sp³-hybridized carbons (Fsp3) is 0.182. The Morgan fingerprint density at radius 1 is 1.47 bits per heavy atom. The molecule has 86 valence electrons. The smallest absolute Gasteiger partial charge is 0.411 e. The third kappa shape index (κ3) is 1.54. The topological polar surface area (TPSA) is 74.5 Å². The lowest BCUT2D eigenvalue weighted by Crippen LogP contribution is -2.32. The number of fused-ring (bicyclic) bond motifs is 3. The molecule has 0 saturated heterocycles. The summed E-state index contributed by atoms with van der Waals surface area (Å²) >= 11 is 0. The highest BCUT2D eigenvalue weighted by atomic mass is 16.5. The minimum Gasteiger partial charge on any atom is -0.491 e. The lowest BCUT2D eigenvalue weighted by molar-refractivity contribution is 0.162. The molecule has 2 aliphatic rings. The van der Waals surface area contributed by atoms with Gasteiger partial charge in [-0.2, -0.15) is 5.10 Å². The first-order valence-corrected chi connectivity index (χ1v) is 5.14. The number of carboxylic acid groups (broad SMARTS) is 1. The molecule has 0 saturated carbocycles. The van der Waals surface area contributed by atoms with Crippen molar-refractivity contribution < 1.29 is 14.6 Å². The second kappa shape index (κ2) is 3.58. The fourth-order valence-corrected chi connectivity index (χ4v) is 1.85. The van der Waals surface area contributed by atoms with Crippen LogP contribution in [0.15, 0.2) is 22.3 Å². The molecular formula is C11H9N3O3. The molecule has 0 fully saturated rings. The van der Waals surface area contributed by atoms with Gasteiger partial charge in [-0.1, -0.05) is 0 Å². The van der Waals surface area contributed by atoms with E-state index in [0.717, 1.165) is 5.56 Å². The Labute approximate surface area is 96.1 Å². The Balaban J connectivity index is 2.27. The summed E-state index contributed by atoms with van der Waals surface area (Å²) in [6.45, 7) is 0.634. The highest BCUT2D eigenvalue weighted by Gasteiger charge is 2.15. The zero-order valence-corrected chi connectivity index (χ0v) is 8.83. The summed E-state index contributed by atoms with van der Waals surface area (Å²) in [6, 6.07) is 3.67. The van der Waals surface area contributed by atoms with Crippen LogP contribution in [0.1, 0.15) is 5.56 Å². The van der Waals surface area contributed by atoms with E-state index in [0.29, 0.717) is 29.5 Å². The number of nitrogens with zero attached hydrogens (tertiary/aromatic N) is 3. The first kappa shape index (κ1) is 9.83. The van der Waals surface area contributed by atoms with E-state index in [-0.39, 0.29) is 0 Å². The molecule has 0 unspecified atom stereocenters. The lowest BCUT2D eigenvalue weighted by atomic mass is 10.2. The highest BCUT2D eigenvalue weighted by Crippen LogP contribution is 2.07. The van der Waals surface area contributed by atoms with Crippen molar-refractivity contribution in [3.63, 3.8) is 0 Å². The molecule has 3 rings (SSSR count). The van der Waals surface area contributed by atoms with E-state index < -0.39 is 6.09 Å². The summed E-state index contributed by atoms with van der Waals surface area (Å²) in [7, 11) is 0. The second-order valence-corrected chi connectivity index (χ2v) is 3.71. The zero-order chi connectivity index (χ0) is 11.8. The molecule has 0 aliphatic carbocycles. The fourth-order valence-electron chi connectivity index (χ4n) is 1.85. The maximum Gasteiger partial charge on any atom is 0.411 e. The molecular weight excluding hydrogens is 222 g/mol. The van der Waals surface area contributed by atoms with Gasteiger partial charge in [0.15, 0.2) is 0 Å². The van der Waals surface area contributed by atoms with Crippen LogP contribution >= 0.6 is 0 Å². The quantitative estimate of drug-likeness (QED) is 0.669. The van der Waals surface area contributed by atoms with Crippen molar-refractivity contribution in [3.8, 4) is 5.75 Å². The van der Waals surface area contributed by atoms with Crippen molar-refractivity contribution in [3.05, 3.63) is 28.3 Å². The van der Waals surface area contributed by atoms with Gasteiger partial charge in [0.2, 0.25) is 0 Å². The molecule has 17 heavy (non-hydrogen) atoms. The van der Waals surface area contributed by atoms with E-state index >= 15 is 0 Å². The molecule has 0 spiro atoms. The lowest BCUT2D eigenvalue weighted by Gasteiger charge is -2.10. The SMILES string of the molecule is O=C(O)N1C=c2c(ccc3c2=NN=C3)OCC1. The molecule has 1 N–H and O–H groups in total. The molecule has 0 bridgehead atoms. The molecule has 0 atom stereocenters. The minimum absolute atomic E-state index is 0.305. The Morgan fingerprint density at radius 2 is 2.35 bits per heavy atom. The van der Waals surface area contributed by atoms with Gasteiger partial charge in [0.25, 0.3) is 0 Å². The zero-order valence-electron chi connectivity index (χ0n) is 8.83. The van der Waals surface area contributed by atoms with E-state index in [1.165, 1.54) is 4.90 Å². The third-order valence-electron chi connectivity index (χ3n) is 2.68. The number of ether oxygens (including phenoxy) is 1. The molecule has 0 aromatic heterocycles. The maximum absolute atomic E-state index is 11.0. The minimum atomic E-state index is -1.00. The normalized spacial score (nSPS) is 16.1. The van der Waals surface area contributed by atoms with Crippen molar-refractivity contribution >= 4 is 18.5 Å². The van der Waals surface area contributed by atoms with Crippen LogP contribution in [0.3, 0.4) is 0 Å². The average molecular weight is 231 g/mol. The van der Waals surface area contributed by atoms with Gasteiger partial charge in [-0.25, -0.2) is 4.79 Å². The number of benzene rings is 1. The monoisotopic (exact) mass is 231 g/mol. The summed E-state index contributed by atoms with van der Waals surface area (Å²) in [4.78, 5) is 12.2. The molecule has 1 amide bonds. The average Bonchev–Trinajstić information content (AvgIpc) is 2.67. The Morgan fingerprint density at radius 3 is 3.18 bits per heavy atom. The number of amides is 1. The number of carbonyl (C=O) groups is 1. The predicted molar refractivity (Wildman–Crippen MR) is 59.5 cm³/mol. The van der Waals surface area contributed by atoms with E-state index in [2.05, 4.69) is 10.2 Å². The first-order chi connectivity index (χ1) is 8.25. The standard InChI is InChI=1S/C11H9N3O3/c15-11(16)14-3-4-17-9-2-1-7-5-12-13-10(7)8(9)6-14/h1-2,5-6H,3-4H2,(H,15,16). The summed E-state index contributed by atoms with van der Waals surface area (Å²) in [5.41, 5.74) is 0.871. The van der Waals surface area contributed by atoms with E-state index in [9.17, 15) is 4.79 Å². The van der Waals surface area contributed by atoms with Gasteiger partial charge in [0, 0.05) is 11.8 Å². The van der Waals surface area contributed by atoms with Crippen LogP contribution in [0.5, 0.6) is 5.75 Å². The number of hydrogen-bond acceptors (Lipinski definition) is 4. The van der Waals surface area contributed by atoms with Gasteiger partial charge in [-0.05, 0) is 12.1 Å². The van der Waals surface area contributed by atoms with Crippen molar-refractivity contribution in [1.29, 1.82) is 0 Å². The van der Waals surface area contributed by atoms with Crippen LogP contribution in [0, 0.1) is 0 Å². The van der Waals surface area contributed by atoms with Crippen LogP contribution in [0.25, 0.3) is 6.20 Å². The van der Waals surface area contributed by atoms with Crippen molar-refractivity contribution in [1.82, 2.24) is 4.90 Å². The summed E-state index contributed by atoms with van der Waals surface area (Å²) < 4.78 is 5.50. The molecule has 2 aliphatic heterocycles. The summed E-state index contributed by atoms with van der Waals surface area (Å²) in [5, 5.41) is 18.1. The van der Waals surface area contributed by atoms with Gasteiger partial charge in [-0.3, -0.25) is 4.90 Å². The molecule has 6 nitrogen and oxygen atoms in total. The molecule has 0 radical (unpaired) electrons. The number of rotatable bonds is 0. The molecule has 1 aromatic carbocycles. The number of hydrogen-bond donors (Lipinski definition) is 1. The van der Waals surface area contributed by atoms with Gasteiger partial charge in [0.1, 0.15) is 17.7 Å². The van der Waals surface area contributed by atoms with Crippen LogP contribution in [-0.4, -0.2) is 35.5 Å². The summed E-state index contributed by atoms with van der Waals surface area (Å²) in [5.74, 6) is 0.641. The predicted octanol–water partition coefficient (Wildman–Crippen LogP) is -0.236. The van der Waals surface area contributed by atoms with E-state index in [4.69, 9.17) is 9.84 Å². The van der Waals surface area contributed by atoms with Crippen LogP contribution in [0.4, 0.5) is 4.79 Å². The van der Waals surface area contributed by atoms with Crippen molar-refractivity contribution in [2.45, 2.75) is 0 Å². The highest BCUT2D eigenvalue weighted by molar-refractivity contribution is 5.81.